The van der Waals surface area contributed by atoms with Gasteiger partial charge in [-0.3, -0.25) is 0 Å². The van der Waals surface area contributed by atoms with E-state index >= 15 is 0 Å². The molecule has 0 fully saturated rings. The minimum Gasteiger partial charge on any atom is -0.368 e. The largest absolute Gasteiger partial charge is 0.417 e. The first-order chi connectivity index (χ1) is 13.3. The topological polar surface area (TPSA) is 27.3 Å². The van der Waals surface area contributed by atoms with E-state index < -0.39 is 11.7 Å². The van der Waals surface area contributed by atoms with Crippen molar-refractivity contribution in [2.24, 2.45) is 0 Å². The van der Waals surface area contributed by atoms with Crippen molar-refractivity contribution >= 4 is 40.3 Å². The van der Waals surface area contributed by atoms with Crippen LogP contribution in [-0.2, 0) is 12.6 Å². The normalized spacial score (nSPS) is 16.0. The average molecular weight is 428 g/mol. The zero-order chi connectivity index (χ0) is 20.3. The summed E-state index contributed by atoms with van der Waals surface area (Å²) in [5.41, 5.74) is 2.00. The van der Waals surface area contributed by atoms with Gasteiger partial charge in [0.2, 0.25) is 0 Å². The van der Waals surface area contributed by atoms with E-state index in [0.29, 0.717) is 12.6 Å². The lowest BCUT2D eigenvalue weighted by Gasteiger charge is -2.25. The molecule has 3 nitrogen and oxygen atoms in total. The highest BCUT2D eigenvalue weighted by molar-refractivity contribution is 7.80. The van der Waals surface area contributed by atoms with Gasteiger partial charge >= 0.3 is 6.18 Å². The molecule has 2 aromatic carbocycles. The summed E-state index contributed by atoms with van der Waals surface area (Å²) < 4.78 is 38.8. The number of hydrogen-bond donors (Lipinski definition) is 2. The van der Waals surface area contributed by atoms with E-state index in [1.807, 2.05) is 6.07 Å². The van der Waals surface area contributed by atoms with E-state index in [9.17, 15) is 13.2 Å². The van der Waals surface area contributed by atoms with Crippen molar-refractivity contribution in [2.45, 2.75) is 32.0 Å². The molecule has 0 spiro atoms. The smallest absolute Gasteiger partial charge is 0.368 e. The number of anilines is 2. The van der Waals surface area contributed by atoms with Gasteiger partial charge in [-0.05, 0) is 61.8 Å². The summed E-state index contributed by atoms with van der Waals surface area (Å²) in [6, 6.07) is 12.5. The summed E-state index contributed by atoms with van der Waals surface area (Å²) in [6.45, 7) is 3.71. The van der Waals surface area contributed by atoms with Gasteiger partial charge in [0.05, 0.1) is 10.6 Å². The third kappa shape index (κ3) is 4.89. The van der Waals surface area contributed by atoms with Crippen LogP contribution in [0.5, 0.6) is 0 Å². The minimum atomic E-state index is -4.51. The minimum absolute atomic E-state index is 0.247. The molecule has 0 saturated heterocycles. The second-order valence-corrected chi connectivity index (χ2v) is 7.62. The molecule has 8 heteroatoms. The number of rotatable bonds is 5. The lowest BCUT2D eigenvalue weighted by Crippen LogP contribution is -2.34. The zero-order valence-corrected chi connectivity index (χ0v) is 16.9. The fourth-order valence-electron chi connectivity index (χ4n) is 3.42. The molecule has 1 atom stereocenters. The average Bonchev–Trinajstić information content (AvgIpc) is 2.95. The maximum absolute atomic E-state index is 12.9. The molecule has 0 aliphatic carbocycles. The van der Waals surface area contributed by atoms with Crippen LogP contribution in [0.2, 0.25) is 5.02 Å². The number of para-hydroxylation sites is 1. The maximum atomic E-state index is 12.9. The van der Waals surface area contributed by atoms with Crippen LogP contribution in [0.4, 0.5) is 24.5 Å². The Hall–Kier alpha value is -1.99. The Morgan fingerprint density at radius 1 is 1.25 bits per heavy atom. The first-order valence-corrected chi connectivity index (χ1v) is 9.80. The Morgan fingerprint density at radius 3 is 2.75 bits per heavy atom. The van der Waals surface area contributed by atoms with Gasteiger partial charge in [0.25, 0.3) is 0 Å². The number of nitrogens with one attached hydrogen (secondary N) is 2. The van der Waals surface area contributed by atoms with Crippen LogP contribution >= 0.6 is 23.8 Å². The highest BCUT2D eigenvalue weighted by Gasteiger charge is 2.33. The summed E-state index contributed by atoms with van der Waals surface area (Å²) in [5.74, 6) is 0. The fraction of sp³-hybridized carbons (Fsp3) is 0.350. The number of hydrogen-bond acceptors (Lipinski definition) is 2. The molecule has 150 valence electrons. The molecule has 1 heterocycles. The summed E-state index contributed by atoms with van der Waals surface area (Å²) >= 11 is 10.8. The lowest BCUT2D eigenvalue weighted by molar-refractivity contribution is -0.137. The molecule has 1 aliphatic heterocycles. The van der Waals surface area contributed by atoms with E-state index in [2.05, 4.69) is 40.7 Å². The van der Waals surface area contributed by atoms with Gasteiger partial charge in [0.15, 0.2) is 5.11 Å². The van der Waals surface area contributed by atoms with Gasteiger partial charge in [0, 0.05) is 30.5 Å². The molecule has 0 bridgehead atoms. The number of alkyl halides is 3. The van der Waals surface area contributed by atoms with Crippen molar-refractivity contribution in [1.29, 1.82) is 0 Å². The van der Waals surface area contributed by atoms with Crippen molar-refractivity contribution in [1.82, 2.24) is 5.32 Å². The SMILES string of the molecule is C[C@@H]1Cc2ccccc2N1CCCNC(=S)Nc1ccc(Cl)c(C(F)(F)F)c1. The molecule has 0 amide bonds. The number of halogens is 4. The van der Waals surface area contributed by atoms with Crippen molar-refractivity contribution in [3.63, 3.8) is 0 Å². The molecule has 3 rings (SSSR count). The van der Waals surface area contributed by atoms with Gasteiger partial charge in [-0.2, -0.15) is 13.2 Å². The van der Waals surface area contributed by atoms with Crippen LogP contribution in [0.3, 0.4) is 0 Å². The quantitative estimate of drug-likeness (QED) is 0.487. The van der Waals surface area contributed by atoms with E-state index in [1.165, 1.54) is 23.4 Å². The molecule has 28 heavy (non-hydrogen) atoms. The molecule has 0 saturated carbocycles. The molecule has 2 N–H and O–H groups in total. The highest BCUT2D eigenvalue weighted by Crippen LogP contribution is 2.36. The molecule has 0 aromatic heterocycles. The van der Waals surface area contributed by atoms with Crippen LogP contribution in [0.25, 0.3) is 0 Å². The van der Waals surface area contributed by atoms with Gasteiger partial charge < -0.3 is 15.5 Å². The van der Waals surface area contributed by atoms with Crippen LogP contribution in [0.1, 0.15) is 24.5 Å². The van der Waals surface area contributed by atoms with E-state index in [1.54, 1.807) is 0 Å². The van der Waals surface area contributed by atoms with Crippen molar-refractivity contribution in [2.75, 3.05) is 23.3 Å². The summed E-state index contributed by atoms with van der Waals surface area (Å²) in [4.78, 5) is 2.38. The van der Waals surface area contributed by atoms with Crippen LogP contribution < -0.4 is 15.5 Å². The molecule has 1 aliphatic rings. The highest BCUT2D eigenvalue weighted by atomic mass is 35.5. The Bertz CT molecular complexity index is 857. The Morgan fingerprint density at radius 2 is 2.00 bits per heavy atom. The Kier molecular flexibility index (Phi) is 6.35. The van der Waals surface area contributed by atoms with Crippen LogP contribution in [0, 0.1) is 0 Å². The third-order valence-electron chi connectivity index (χ3n) is 4.74. The maximum Gasteiger partial charge on any atom is 0.417 e. The monoisotopic (exact) mass is 427 g/mol. The summed E-state index contributed by atoms with van der Waals surface area (Å²) in [5, 5.41) is 5.78. The third-order valence-corrected chi connectivity index (χ3v) is 5.32. The number of fused-ring (bicyclic) bond motifs is 1. The van der Waals surface area contributed by atoms with Gasteiger partial charge in [-0.15, -0.1) is 0 Å². The standard InChI is InChI=1S/C20H21ClF3N3S/c1-13-11-14-5-2-3-6-18(14)27(13)10-4-9-25-19(28)26-15-7-8-17(21)16(12-15)20(22,23)24/h2-3,5-8,12-13H,4,9-11H2,1H3,(H2,25,26,28)/t13-/m1/s1. The second-order valence-electron chi connectivity index (χ2n) is 6.80. The number of benzene rings is 2. The molecular formula is C20H21ClF3N3S. The molecule has 0 unspecified atom stereocenters. The number of thiocarbonyl (C=S) groups is 1. The molecular weight excluding hydrogens is 407 g/mol. The van der Waals surface area contributed by atoms with Gasteiger partial charge in [0.1, 0.15) is 0 Å². The van der Waals surface area contributed by atoms with Gasteiger partial charge in [-0.1, -0.05) is 29.8 Å². The summed E-state index contributed by atoms with van der Waals surface area (Å²) in [6.07, 6.45) is -2.61. The van der Waals surface area contributed by atoms with E-state index in [0.717, 1.165) is 25.5 Å². The fourth-order valence-corrected chi connectivity index (χ4v) is 3.86. The summed E-state index contributed by atoms with van der Waals surface area (Å²) in [7, 11) is 0. The molecule has 0 radical (unpaired) electrons. The Labute approximate surface area is 172 Å². The van der Waals surface area contributed by atoms with Gasteiger partial charge in [-0.25, -0.2) is 0 Å². The van der Waals surface area contributed by atoms with Crippen LogP contribution in [-0.4, -0.2) is 24.2 Å². The first-order valence-electron chi connectivity index (χ1n) is 9.02. The lowest BCUT2D eigenvalue weighted by atomic mass is 10.1. The predicted molar refractivity (Wildman–Crippen MR) is 112 cm³/mol. The Balaban J connectivity index is 1.48. The van der Waals surface area contributed by atoms with Crippen molar-refractivity contribution in [3.05, 3.63) is 58.6 Å². The van der Waals surface area contributed by atoms with Crippen molar-refractivity contribution in [3.8, 4) is 0 Å². The van der Waals surface area contributed by atoms with Crippen LogP contribution in [0.15, 0.2) is 42.5 Å². The predicted octanol–water partition coefficient (Wildman–Crippen LogP) is 5.49. The second kappa shape index (κ2) is 8.57. The first kappa shape index (κ1) is 20.7. The molecule has 2 aromatic rings. The van der Waals surface area contributed by atoms with E-state index in [4.69, 9.17) is 23.8 Å². The van der Waals surface area contributed by atoms with E-state index in [-0.39, 0.29) is 15.8 Å². The number of nitrogens with zero attached hydrogens (tertiary/aromatic N) is 1. The zero-order valence-electron chi connectivity index (χ0n) is 15.3. The van der Waals surface area contributed by atoms with Crippen molar-refractivity contribution < 1.29 is 13.2 Å².